The van der Waals surface area contributed by atoms with Crippen molar-refractivity contribution in [2.75, 3.05) is 11.4 Å². The first kappa shape index (κ1) is 17.2. The Balaban J connectivity index is 1.44. The van der Waals surface area contributed by atoms with Gasteiger partial charge in [0, 0.05) is 18.8 Å². The van der Waals surface area contributed by atoms with E-state index in [2.05, 4.69) is 5.32 Å². The molecule has 0 saturated carbocycles. The Morgan fingerprint density at radius 2 is 1.78 bits per heavy atom. The molecule has 1 aliphatic rings. The van der Waals surface area contributed by atoms with Crippen LogP contribution in [0.3, 0.4) is 0 Å². The molecule has 27 heavy (non-hydrogen) atoms. The average molecular weight is 362 g/mol. The minimum Gasteiger partial charge on any atom is -0.351 e. The Morgan fingerprint density at radius 3 is 2.56 bits per heavy atom. The normalized spacial score (nSPS) is 16.7. The molecule has 0 bridgehead atoms. The van der Waals surface area contributed by atoms with E-state index in [1.807, 2.05) is 42.5 Å². The van der Waals surface area contributed by atoms with Crippen molar-refractivity contribution in [3.63, 3.8) is 0 Å². The lowest BCUT2D eigenvalue weighted by atomic mass is 10.1. The minimum atomic E-state index is -0.683. The molecule has 3 aromatic carbocycles. The van der Waals surface area contributed by atoms with Gasteiger partial charge in [0.2, 0.25) is 11.8 Å². The number of hydrogen-bond acceptors (Lipinski definition) is 2. The summed E-state index contributed by atoms with van der Waals surface area (Å²) in [5.41, 5.74) is 1.61. The standard InChI is InChI=1S/C22H19FN2O2/c23-18-8-5-15(6-9-18)14-24-21(26)20-11-12-25(22(20)27)19-10-7-16-3-1-2-4-17(16)13-19/h1-10,13,20H,11-12,14H2,(H,24,26)/t20-/m0/s1. The number of anilines is 1. The van der Waals surface area contributed by atoms with E-state index in [1.165, 1.54) is 12.1 Å². The maximum absolute atomic E-state index is 12.9. The first-order valence-electron chi connectivity index (χ1n) is 8.94. The summed E-state index contributed by atoms with van der Waals surface area (Å²) in [7, 11) is 0. The molecular formula is C22H19FN2O2. The van der Waals surface area contributed by atoms with Crippen LogP contribution in [0.4, 0.5) is 10.1 Å². The van der Waals surface area contributed by atoms with Gasteiger partial charge in [0.15, 0.2) is 0 Å². The van der Waals surface area contributed by atoms with Gasteiger partial charge in [-0.05, 0) is 47.0 Å². The van der Waals surface area contributed by atoms with Gasteiger partial charge in [0.05, 0.1) is 0 Å². The van der Waals surface area contributed by atoms with Gasteiger partial charge < -0.3 is 10.2 Å². The number of carbonyl (C=O) groups excluding carboxylic acids is 2. The van der Waals surface area contributed by atoms with Crippen molar-refractivity contribution in [2.45, 2.75) is 13.0 Å². The molecule has 1 saturated heterocycles. The van der Waals surface area contributed by atoms with E-state index in [-0.39, 0.29) is 24.2 Å². The Morgan fingerprint density at radius 1 is 1.04 bits per heavy atom. The molecule has 1 atom stereocenters. The zero-order valence-corrected chi connectivity index (χ0v) is 14.7. The molecule has 4 rings (SSSR count). The van der Waals surface area contributed by atoms with Gasteiger partial charge in [0.1, 0.15) is 11.7 Å². The lowest BCUT2D eigenvalue weighted by Crippen LogP contribution is -2.36. The number of amides is 2. The van der Waals surface area contributed by atoms with Crippen molar-refractivity contribution in [1.82, 2.24) is 5.32 Å². The van der Waals surface area contributed by atoms with Crippen LogP contribution in [0, 0.1) is 11.7 Å². The summed E-state index contributed by atoms with van der Waals surface area (Å²) >= 11 is 0. The SMILES string of the molecule is O=C(NCc1ccc(F)cc1)[C@@H]1CCN(c2ccc3ccccc3c2)C1=O. The largest absolute Gasteiger partial charge is 0.351 e. The summed E-state index contributed by atoms with van der Waals surface area (Å²) in [6, 6.07) is 19.8. The highest BCUT2D eigenvalue weighted by Crippen LogP contribution is 2.28. The minimum absolute atomic E-state index is 0.179. The number of rotatable bonds is 4. The second-order valence-electron chi connectivity index (χ2n) is 6.71. The predicted molar refractivity (Wildman–Crippen MR) is 103 cm³/mol. The number of benzene rings is 3. The smallest absolute Gasteiger partial charge is 0.239 e. The van der Waals surface area contributed by atoms with Crippen molar-refractivity contribution >= 4 is 28.3 Å². The zero-order valence-electron chi connectivity index (χ0n) is 14.7. The third-order valence-corrected chi connectivity index (χ3v) is 4.95. The lowest BCUT2D eigenvalue weighted by Gasteiger charge is -2.17. The fourth-order valence-corrected chi connectivity index (χ4v) is 3.44. The summed E-state index contributed by atoms with van der Waals surface area (Å²) in [6.45, 7) is 0.796. The van der Waals surface area contributed by atoms with Crippen LogP contribution in [0.1, 0.15) is 12.0 Å². The molecule has 1 N–H and O–H groups in total. The molecule has 1 aliphatic heterocycles. The van der Waals surface area contributed by atoms with Crippen molar-refractivity contribution in [3.05, 3.63) is 78.1 Å². The summed E-state index contributed by atoms with van der Waals surface area (Å²) in [6.07, 6.45) is 0.487. The summed E-state index contributed by atoms with van der Waals surface area (Å²) < 4.78 is 12.9. The maximum Gasteiger partial charge on any atom is 0.239 e. The van der Waals surface area contributed by atoms with E-state index >= 15 is 0 Å². The Kier molecular flexibility index (Phi) is 4.59. The van der Waals surface area contributed by atoms with Crippen LogP contribution < -0.4 is 10.2 Å². The second-order valence-corrected chi connectivity index (χ2v) is 6.71. The molecule has 0 aliphatic carbocycles. The van der Waals surface area contributed by atoms with Gasteiger partial charge in [-0.1, -0.05) is 42.5 Å². The van der Waals surface area contributed by atoms with E-state index < -0.39 is 5.92 Å². The molecule has 2 amide bonds. The monoisotopic (exact) mass is 362 g/mol. The van der Waals surface area contributed by atoms with Crippen LogP contribution in [0.25, 0.3) is 10.8 Å². The summed E-state index contributed by atoms with van der Waals surface area (Å²) in [5.74, 6) is -1.46. The lowest BCUT2D eigenvalue weighted by molar-refractivity contribution is -0.132. The first-order chi connectivity index (χ1) is 13.1. The van der Waals surface area contributed by atoms with Crippen LogP contribution in [0.2, 0.25) is 0 Å². The van der Waals surface area contributed by atoms with Crippen LogP contribution in [0.15, 0.2) is 66.7 Å². The van der Waals surface area contributed by atoms with Gasteiger partial charge >= 0.3 is 0 Å². The number of nitrogens with zero attached hydrogens (tertiary/aromatic N) is 1. The molecule has 3 aromatic rings. The fourth-order valence-electron chi connectivity index (χ4n) is 3.44. The van der Waals surface area contributed by atoms with Crippen molar-refractivity contribution in [2.24, 2.45) is 5.92 Å². The molecule has 5 heteroatoms. The quantitative estimate of drug-likeness (QED) is 0.721. The predicted octanol–water partition coefficient (Wildman–Crippen LogP) is 3.65. The van der Waals surface area contributed by atoms with Crippen LogP contribution in [0.5, 0.6) is 0 Å². The summed E-state index contributed by atoms with van der Waals surface area (Å²) in [5, 5.41) is 4.96. The maximum atomic E-state index is 12.9. The van der Waals surface area contributed by atoms with Crippen molar-refractivity contribution in [3.8, 4) is 0 Å². The number of hydrogen-bond donors (Lipinski definition) is 1. The molecule has 1 heterocycles. The van der Waals surface area contributed by atoms with E-state index in [1.54, 1.807) is 17.0 Å². The van der Waals surface area contributed by atoms with Gasteiger partial charge in [-0.2, -0.15) is 0 Å². The molecular weight excluding hydrogens is 343 g/mol. The molecule has 0 unspecified atom stereocenters. The van der Waals surface area contributed by atoms with Crippen molar-refractivity contribution in [1.29, 1.82) is 0 Å². The number of nitrogens with one attached hydrogen (secondary N) is 1. The Hall–Kier alpha value is -3.21. The van der Waals surface area contributed by atoms with Crippen LogP contribution in [-0.4, -0.2) is 18.4 Å². The second kappa shape index (κ2) is 7.19. The number of carbonyl (C=O) groups is 2. The van der Waals surface area contributed by atoms with Crippen LogP contribution in [-0.2, 0) is 16.1 Å². The van der Waals surface area contributed by atoms with E-state index in [9.17, 15) is 14.0 Å². The molecule has 4 nitrogen and oxygen atoms in total. The third-order valence-electron chi connectivity index (χ3n) is 4.95. The molecule has 0 aromatic heterocycles. The fraction of sp³-hybridized carbons (Fsp3) is 0.182. The van der Waals surface area contributed by atoms with E-state index in [0.29, 0.717) is 13.0 Å². The topological polar surface area (TPSA) is 49.4 Å². The number of fused-ring (bicyclic) bond motifs is 1. The van der Waals surface area contributed by atoms with Gasteiger partial charge in [-0.25, -0.2) is 4.39 Å². The Labute approximate surface area is 156 Å². The zero-order chi connectivity index (χ0) is 18.8. The van der Waals surface area contributed by atoms with E-state index in [0.717, 1.165) is 22.0 Å². The van der Waals surface area contributed by atoms with E-state index in [4.69, 9.17) is 0 Å². The average Bonchev–Trinajstić information content (AvgIpc) is 3.08. The molecule has 0 radical (unpaired) electrons. The van der Waals surface area contributed by atoms with Crippen molar-refractivity contribution < 1.29 is 14.0 Å². The number of halogens is 1. The summed E-state index contributed by atoms with van der Waals surface area (Å²) in [4.78, 5) is 26.9. The molecule has 136 valence electrons. The highest BCUT2D eigenvalue weighted by atomic mass is 19.1. The first-order valence-corrected chi connectivity index (χ1v) is 8.94. The van der Waals surface area contributed by atoms with Crippen LogP contribution >= 0.6 is 0 Å². The highest BCUT2D eigenvalue weighted by molar-refractivity contribution is 6.10. The van der Waals surface area contributed by atoms with Gasteiger partial charge in [-0.15, -0.1) is 0 Å². The highest BCUT2D eigenvalue weighted by Gasteiger charge is 2.37. The third kappa shape index (κ3) is 3.53. The van der Waals surface area contributed by atoms with Gasteiger partial charge in [-0.3, -0.25) is 9.59 Å². The molecule has 0 spiro atoms. The van der Waals surface area contributed by atoms with Gasteiger partial charge in [0.25, 0.3) is 0 Å². The Bertz CT molecular complexity index is 1000. The molecule has 1 fully saturated rings.